The SMILES string of the molecule is CCOC(=O)c1c(N)c(OC)c(C)c(O)c1OC. The van der Waals surface area contributed by atoms with Crippen LogP contribution in [0.3, 0.4) is 0 Å². The molecule has 18 heavy (non-hydrogen) atoms. The van der Waals surface area contributed by atoms with E-state index in [1.165, 1.54) is 14.2 Å². The molecule has 0 radical (unpaired) electrons. The summed E-state index contributed by atoms with van der Waals surface area (Å²) in [4.78, 5) is 11.8. The average Bonchev–Trinajstić information content (AvgIpc) is 2.34. The number of carbonyl (C=O) groups is 1. The molecule has 0 saturated heterocycles. The van der Waals surface area contributed by atoms with Gasteiger partial charge in [0.15, 0.2) is 11.5 Å². The molecule has 0 aliphatic heterocycles. The smallest absolute Gasteiger partial charge is 0.344 e. The van der Waals surface area contributed by atoms with Crippen LogP contribution in [-0.2, 0) is 4.74 Å². The van der Waals surface area contributed by atoms with Gasteiger partial charge >= 0.3 is 5.97 Å². The number of aromatic hydroxyl groups is 1. The first-order chi connectivity index (χ1) is 8.49. The zero-order valence-corrected chi connectivity index (χ0v) is 10.9. The van der Waals surface area contributed by atoms with E-state index in [2.05, 4.69) is 0 Å². The van der Waals surface area contributed by atoms with E-state index < -0.39 is 5.97 Å². The highest BCUT2D eigenvalue weighted by Crippen LogP contribution is 2.44. The van der Waals surface area contributed by atoms with Gasteiger partial charge in [0.05, 0.1) is 26.5 Å². The van der Waals surface area contributed by atoms with Gasteiger partial charge in [0.2, 0.25) is 0 Å². The van der Waals surface area contributed by atoms with Gasteiger partial charge in [0, 0.05) is 5.56 Å². The highest BCUT2D eigenvalue weighted by Gasteiger charge is 2.27. The lowest BCUT2D eigenvalue weighted by Crippen LogP contribution is -2.12. The third kappa shape index (κ3) is 2.13. The van der Waals surface area contributed by atoms with Crippen LogP contribution in [0, 0.1) is 6.92 Å². The minimum atomic E-state index is -0.666. The van der Waals surface area contributed by atoms with Crippen molar-refractivity contribution in [1.82, 2.24) is 0 Å². The van der Waals surface area contributed by atoms with Crippen molar-refractivity contribution >= 4 is 11.7 Å². The number of hydrogen-bond acceptors (Lipinski definition) is 6. The Morgan fingerprint density at radius 3 is 2.28 bits per heavy atom. The Bertz CT molecular complexity index is 470. The maximum absolute atomic E-state index is 11.8. The molecule has 100 valence electrons. The summed E-state index contributed by atoms with van der Waals surface area (Å²) in [5.41, 5.74) is 6.31. The van der Waals surface area contributed by atoms with Gasteiger partial charge < -0.3 is 25.1 Å². The molecule has 3 N–H and O–H groups in total. The third-order valence-corrected chi connectivity index (χ3v) is 2.54. The number of phenols is 1. The van der Waals surface area contributed by atoms with E-state index >= 15 is 0 Å². The summed E-state index contributed by atoms with van der Waals surface area (Å²) in [5, 5.41) is 9.96. The summed E-state index contributed by atoms with van der Waals surface area (Å²) in [5.74, 6) is -0.632. The molecule has 1 aromatic rings. The Labute approximate surface area is 105 Å². The fourth-order valence-electron chi connectivity index (χ4n) is 1.70. The highest BCUT2D eigenvalue weighted by atomic mass is 16.5. The number of carbonyl (C=O) groups excluding carboxylic acids is 1. The van der Waals surface area contributed by atoms with E-state index in [4.69, 9.17) is 19.9 Å². The zero-order valence-electron chi connectivity index (χ0n) is 10.9. The fraction of sp³-hybridized carbons (Fsp3) is 0.417. The van der Waals surface area contributed by atoms with Gasteiger partial charge in [0.1, 0.15) is 11.3 Å². The molecule has 1 rings (SSSR count). The van der Waals surface area contributed by atoms with Crippen molar-refractivity contribution in [2.75, 3.05) is 26.6 Å². The number of ether oxygens (including phenoxy) is 3. The van der Waals surface area contributed by atoms with Crippen LogP contribution < -0.4 is 15.2 Å². The number of hydrogen-bond donors (Lipinski definition) is 2. The van der Waals surface area contributed by atoms with Crippen LogP contribution in [0.2, 0.25) is 0 Å². The largest absolute Gasteiger partial charge is 0.504 e. The second-order valence-corrected chi connectivity index (χ2v) is 3.55. The summed E-state index contributed by atoms with van der Waals surface area (Å²) < 4.78 is 15.0. The second-order valence-electron chi connectivity index (χ2n) is 3.55. The van der Waals surface area contributed by atoms with E-state index in [0.29, 0.717) is 5.56 Å². The van der Waals surface area contributed by atoms with Crippen molar-refractivity contribution in [1.29, 1.82) is 0 Å². The number of nitrogen functional groups attached to an aromatic ring is 1. The highest BCUT2D eigenvalue weighted by molar-refractivity contribution is 6.01. The van der Waals surface area contributed by atoms with Crippen LogP contribution in [-0.4, -0.2) is 31.9 Å². The molecule has 0 unspecified atom stereocenters. The summed E-state index contributed by atoms with van der Waals surface area (Å²) in [6.07, 6.45) is 0. The lowest BCUT2D eigenvalue weighted by molar-refractivity contribution is 0.0523. The predicted octanol–water partition coefficient (Wildman–Crippen LogP) is 1.48. The van der Waals surface area contributed by atoms with Crippen molar-refractivity contribution in [3.63, 3.8) is 0 Å². The van der Waals surface area contributed by atoms with Crippen LogP contribution >= 0.6 is 0 Å². The molecular formula is C12H17NO5. The number of rotatable bonds is 4. The van der Waals surface area contributed by atoms with E-state index in [-0.39, 0.29) is 35.1 Å². The second kappa shape index (κ2) is 5.48. The summed E-state index contributed by atoms with van der Waals surface area (Å²) >= 11 is 0. The molecule has 0 amide bonds. The van der Waals surface area contributed by atoms with Crippen molar-refractivity contribution in [3.05, 3.63) is 11.1 Å². The van der Waals surface area contributed by atoms with Crippen LogP contribution in [0.5, 0.6) is 17.2 Å². The first kappa shape index (κ1) is 14.0. The van der Waals surface area contributed by atoms with Gasteiger partial charge in [-0.15, -0.1) is 0 Å². The number of phenolic OH excluding ortho intramolecular Hbond substituents is 1. The van der Waals surface area contributed by atoms with Crippen molar-refractivity contribution in [2.24, 2.45) is 0 Å². The molecule has 0 atom stereocenters. The lowest BCUT2D eigenvalue weighted by Gasteiger charge is -2.17. The molecule has 0 saturated carbocycles. The topological polar surface area (TPSA) is 91.0 Å². The minimum Gasteiger partial charge on any atom is -0.504 e. The Hall–Kier alpha value is -2.11. The van der Waals surface area contributed by atoms with E-state index in [0.717, 1.165) is 0 Å². The molecule has 0 spiro atoms. The first-order valence-electron chi connectivity index (χ1n) is 5.39. The number of benzene rings is 1. The summed E-state index contributed by atoms with van der Waals surface area (Å²) in [7, 11) is 2.74. The molecule has 0 aliphatic rings. The summed E-state index contributed by atoms with van der Waals surface area (Å²) in [6.45, 7) is 3.48. The molecule has 0 bridgehead atoms. The van der Waals surface area contributed by atoms with Crippen LogP contribution in [0.25, 0.3) is 0 Å². The van der Waals surface area contributed by atoms with Crippen LogP contribution in [0.1, 0.15) is 22.8 Å². The Morgan fingerprint density at radius 2 is 1.83 bits per heavy atom. The Kier molecular flexibility index (Phi) is 4.25. The van der Waals surface area contributed by atoms with Crippen molar-refractivity contribution in [2.45, 2.75) is 13.8 Å². The summed E-state index contributed by atoms with van der Waals surface area (Å²) in [6, 6.07) is 0. The number of nitrogens with two attached hydrogens (primary N) is 1. The van der Waals surface area contributed by atoms with Crippen molar-refractivity contribution in [3.8, 4) is 17.2 Å². The van der Waals surface area contributed by atoms with Crippen LogP contribution in [0.4, 0.5) is 5.69 Å². The molecule has 1 aromatic carbocycles. The third-order valence-electron chi connectivity index (χ3n) is 2.54. The van der Waals surface area contributed by atoms with Gasteiger partial charge in [0.25, 0.3) is 0 Å². The minimum absolute atomic E-state index is 0.00995. The van der Waals surface area contributed by atoms with Gasteiger partial charge in [-0.25, -0.2) is 4.79 Å². The first-order valence-corrected chi connectivity index (χ1v) is 5.39. The van der Waals surface area contributed by atoms with Crippen molar-refractivity contribution < 1.29 is 24.1 Å². The normalized spacial score (nSPS) is 10.0. The van der Waals surface area contributed by atoms with E-state index in [1.807, 2.05) is 0 Å². The van der Waals surface area contributed by atoms with Gasteiger partial charge in [-0.2, -0.15) is 0 Å². The molecular weight excluding hydrogens is 238 g/mol. The number of anilines is 1. The predicted molar refractivity (Wildman–Crippen MR) is 66.3 cm³/mol. The average molecular weight is 255 g/mol. The van der Waals surface area contributed by atoms with Gasteiger partial charge in [-0.1, -0.05) is 0 Å². The standard InChI is InChI=1S/C12H17NO5/c1-5-18-12(15)7-8(13)10(16-3)6(2)9(14)11(7)17-4/h14H,5,13H2,1-4H3. The zero-order chi connectivity index (χ0) is 13.9. The lowest BCUT2D eigenvalue weighted by atomic mass is 10.1. The fourth-order valence-corrected chi connectivity index (χ4v) is 1.70. The maximum atomic E-state index is 11.8. The van der Waals surface area contributed by atoms with E-state index in [9.17, 15) is 9.90 Å². The number of esters is 1. The van der Waals surface area contributed by atoms with Gasteiger partial charge in [-0.05, 0) is 13.8 Å². The Balaban J connectivity index is 3.56. The molecule has 0 heterocycles. The van der Waals surface area contributed by atoms with Gasteiger partial charge in [-0.3, -0.25) is 0 Å². The molecule has 0 aromatic heterocycles. The molecule has 0 aliphatic carbocycles. The maximum Gasteiger partial charge on any atom is 0.344 e. The van der Waals surface area contributed by atoms with E-state index in [1.54, 1.807) is 13.8 Å². The molecule has 6 heteroatoms. The molecule has 0 fully saturated rings. The Morgan fingerprint density at radius 1 is 1.28 bits per heavy atom. The monoisotopic (exact) mass is 255 g/mol. The quantitative estimate of drug-likeness (QED) is 0.481. The molecule has 6 nitrogen and oxygen atoms in total. The number of methoxy groups -OCH3 is 2. The van der Waals surface area contributed by atoms with Crippen LogP contribution in [0.15, 0.2) is 0 Å².